The maximum atomic E-state index is 10.5. The fraction of sp³-hybridized carbons (Fsp3) is 0.538. The smallest absolute Gasteiger partial charge is 0.400 e. The van der Waals surface area contributed by atoms with Crippen LogP contribution in [0.2, 0.25) is 0 Å². The molecule has 23 heavy (non-hydrogen) atoms. The summed E-state index contributed by atoms with van der Waals surface area (Å²) in [6, 6.07) is 2.73. The summed E-state index contributed by atoms with van der Waals surface area (Å²) in [5.74, 6) is -0.0410. The lowest BCUT2D eigenvalue weighted by Gasteiger charge is -2.23. The first-order valence-corrected chi connectivity index (χ1v) is 7.78. The van der Waals surface area contributed by atoms with E-state index >= 15 is 0 Å². The van der Waals surface area contributed by atoms with Gasteiger partial charge in [0, 0.05) is 13.0 Å². The Hall–Kier alpha value is -2.04. The van der Waals surface area contributed by atoms with E-state index in [9.17, 15) is 10.1 Å². The number of morpholine rings is 1. The molecule has 0 amide bonds. The topological polar surface area (TPSA) is 106 Å². The number of rotatable bonds is 7. The zero-order chi connectivity index (χ0) is 16.5. The van der Waals surface area contributed by atoms with Crippen molar-refractivity contribution >= 4 is 29.4 Å². The van der Waals surface area contributed by atoms with Crippen LogP contribution < -0.4 is 15.6 Å². The van der Waals surface area contributed by atoms with Gasteiger partial charge < -0.3 is 19.4 Å². The molecule has 0 aliphatic carbocycles. The lowest BCUT2D eigenvalue weighted by molar-refractivity contribution is -0.908. The van der Waals surface area contributed by atoms with Crippen LogP contribution in [-0.2, 0) is 4.74 Å². The number of nitrogens with one attached hydrogen (secondary N) is 3. The van der Waals surface area contributed by atoms with Crippen LogP contribution in [0.15, 0.2) is 21.7 Å². The van der Waals surface area contributed by atoms with E-state index in [1.807, 2.05) is 0 Å². The molecule has 1 aliphatic rings. The van der Waals surface area contributed by atoms with E-state index in [-0.39, 0.29) is 11.6 Å². The van der Waals surface area contributed by atoms with Gasteiger partial charge in [-0.05, 0) is 18.3 Å². The quantitative estimate of drug-likeness (QED) is 0.198. The van der Waals surface area contributed by atoms with Gasteiger partial charge in [0.15, 0.2) is 10.9 Å². The second kappa shape index (κ2) is 9.18. The highest BCUT2D eigenvalue weighted by Crippen LogP contribution is 2.13. The third-order valence-electron chi connectivity index (χ3n) is 3.34. The second-order valence-electron chi connectivity index (χ2n) is 5.02. The summed E-state index contributed by atoms with van der Waals surface area (Å²) in [7, 11) is 0. The van der Waals surface area contributed by atoms with Gasteiger partial charge >= 0.3 is 5.88 Å². The van der Waals surface area contributed by atoms with Crippen LogP contribution in [0, 0.1) is 10.1 Å². The van der Waals surface area contributed by atoms with Crippen LogP contribution in [0.3, 0.4) is 0 Å². The zero-order valence-corrected chi connectivity index (χ0v) is 13.4. The standard InChI is InChI=1S/C13H19N5O4S/c19-18(20)12-3-2-11(22-12)10-15-16-13(23)14-4-1-5-17-6-8-21-9-7-17/h2-3,10H,1,4-9H2,(H2,14,16,23)/p+1/b15-10-. The SMILES string of the molecule is O=[N+]([O-])c1ccc(/C=N\NC(=S)NCCC[NH+]2CCOCC2)o1. The largest absolute Gasteiger partial charge is 0.433 e. The summed E-state index contributed by atoms with van der Waals surface area (Å²) in [6.45, 7) is 5.63. The molecule has 1 aromatic rings. The number of ether oxygens (including phenoxy) is 1. The summed E-state index contributed by atoms with van der Waals surface area (Å²) in [5.41, 5.74) is 2.64. The van der Waals surface area contributed by atoms with Crippen LogP contribution in [0.5, 0.6) is 0 Å². The molecule has 126 valence electrons. The average molecular weight is 342 g/mol. The summed E-state index contributed by atoms with van der Waals surface area (Å²) < 4.78 is 10.2. The number of hydrogen-bond donors (Lipinski definition) is 3. The van der Waals surface area contributed by atoms with Crippen LogP contribution >= 0.6 is 12.2 Å². The zero-order valence-electron chi connectivity index (χ0n) is 12.6. The Balaban J connectivity index is 1.58. The highest BCUT2D eigenvalue weighted by atomic mass is 32.1. The Bertz CT molecular complexity index is 556. The monoisotopic (exact) mass is 342 g/mol. The predicted octanol–water partition coefficient (Wildman–Crippen LogP) is -0.709. The van der Waals surface area contributed by atoms with Crippen molar-refractivity contribution in [3.05, 3.63) is 28.0 Å². The van der Waals surface area contributed by atoms with E-state index in [0.717, 1.165) is 45.8 Å². The van der Waals surface area contributed by atoms with E-state index < -0.39 is 4.92 Å². The summed E-state index contributed by atoms with van der Waals surface area (Å²) in [6.07, 6.45) is 2.34. The van der Waals surface area contributed by atoms with Gasteiger partial charge in [0.05, 0.1) is 32.0 Å². The molecule has 0 radical (unpaired) electrons. The molecule has 1 aliphatic heterocycles. The minimum absolute atomic E-state index is 0.280. The van der Waals surface area contributed by atoms with Crippen molar-refractivity contribution < 1.29 is 19.0 Å². The molecule has 0 spiro atoms. The molecule has 1 saturated heterocycles. The number of hydrogen-bond acceptors (Lipinski definition) is 6. The Morgan fingerprint density at radius 3 is 2.96 bits per heavy atom. The van der Waals surface area contributed by atoms with Crippen LogP contribution in [0.25, 0.3) is 0 Å². The molecule has 0 unspecified atom stereocenters. The lowest BCUT2D eigenvalue weighted by atomic mass is 10.3. The van der Waals surface area contributed by atoms with Crippen LogP contribution in [0.1, 0.15) is 12.2 Å². The van der Waals surface area contributed by atoms with Crippen LogP contribution in [0.4, 0.5) is 5.88 Å². The molecule has 2 heterocycles. The normalized spacial score (nSPS) is 15.7. The van der Waals surface area contributed by atoms with E-state index in [0.29, 0.717) is 5.11 Å². The van der Waals surface area contributed by atoms with Gasteiger partial charge in [-0.3, -0.25) is 15.5 Å². The molecule has 0 aromatic carbocycles. The van der Waals surface area contributed by atoms with E-state index in [4.69, 9.17) is 21.4 Å². The van der Waals surface area contributed by atoms with E-state index in [1.165, 1.54) is 18.3 Å². The number of nitrogens with zero attached hydrogens (tertiary/aromatic N) is 2. The molecule has 0 bridgehead atoms. The number of nitro groups is 1. The highest BCUT2D eigenvalue weighted by molar-refractivity contribution is 7.80. The Labute approximate surface area is 138 Å². The van der Waals surface area contributed by atoms with Crippen LogP contribution in [-0.4, -0.2) is 55.6 Å². The van der Waals surface area contributed by atoms with Crippen molar-refractivity contribution in [2.45, 2.75) is 6.42 Å². The fourth-order valence-electron chi connectivity index (χ4n) is 2.15. The van der Waals surface area contributed by atoms with Crippen molar-refractivity contribution in [3.8, 4) is 0 Å². The van der Waals surface area contributed by atoms with Gasteiger partial charge in [-0.15, -0.1) is 0 Å². The van der Waals surface area contributed by atoms with Crippen molar-refractivity contribution in [2.75, 3.05) is 39.4 Å². The Morgan fingerprint density at radius 1 is 1.48 bits per heavy atom. The molecule has 2 rings (SSSR count). The molecule has 10 heteroatoms. The third-order valence-corrected chi connectivity index (χ3v) is 3.58. The summed E-state index contributed by atoms with van der Waals surface area (Å²) in [5, 5.41) is 17.8. The maximum absolute atomic E-state index is 10.5. The molecule has 3 N–H and O–H groups in total. The fourth-order valence-corrected chi connectivity index (χ4v) is 2.31. The number of quaternary nitrogens is 1. The van der Waals surface area contributed by atoms with Gasteiger partial charge in [-0.2, -0.15) is 5.10 Å². The molecule has 1 aromatic heterocycles. The Kier molecular flexibility index (Phi) is 6.91. The first-order chi connectivity index (χ1) is 11.1. The molecular weight excluding hydrogens is 322 g/mol. The third kappa shape index (κ3) is 6.30. The minimum atomic E-state index is -0.604. The molecular formula is C13H20N5O4S+. The first kappa shape index (κ1) is 17.3. The van der Waals surface area contributed by atoms with Crippen molar-refractivity contribution in [1.82, 2.24) is 10.7 Å². The van der Waals surface area contributed by atoms with Gasteiger partial charge in [0.2, 0.25) is 0 Å². The maximum Gasteiger partial charge on any atom is 0.433 e. The number of furan rings is 1. The number of thiocarbonyl (C=S) groups is 1. The molecule has 0 saturated carbocycles. The van der Waals surface area contributed by atoms with Crippen molar-refractivity contribution in [2.24, 2.45) is 5.10 Å². The van der Waals surface area contributed by atoms with Crippen molar-refractivity contribution in [3.63, 3.8) is 0 Å². The summed E-state index contributed by atoms with van der Waals surface area (Å²) >= 11 is 5.08. The van der Waals surface area contributed by atoms with Gasteiger partial charge in [0.1, 0.15) is 18.0 Å². The molecule has 9 nitrogen and oxygen atoms in total. The van der Waals surface area contributed by atoms with E-state index in [1.54, 1.807) is 4.90 Å². The highest BCUT2D eigenvalue weighted by Gasteiger charge is 2.12. The first-order valence-electron chi connectivity index (χ1n) is 7.37. The Morgan fingerprint density at radius 2 is 2.26 bits per heavy atom. The average Bonchev–Trinajstić information content (AvgIpc) is 3.02. The minimum Gasteiger partial charge on any atom is -0.400 e. The predicted molar refractivity (Wildman–Crippen MR) is 87.7 cm³/mol. The van der Waals surface area contributed by atoms with Gasteiger partial charge in [0.25, 0.3) is 0 Å². The lowest BCUT2D eigenvalue weighted by Crippen LogP contribution is -3.14. The second-order valence-corrected chi connectivity index (χ2v) is 5.43. The molecule has 1 fully saturated rings. The van der Waals surface area contributed by atoms with Crippen molar-refractivity contribution in [1.29, 1.82) is 0 Å². The summed E-state index contributed by atoms with van der Waals surface area (Å²) in [4.78, 5) is 11.4. The molecule has 0 atom stereocenters. The number of hydrazone groups is 1. The van der Waals surface area contributed by atoms with E-state index in [2.05, 4.69) is 15.8 Å². The van der Waals surface area contributed by atoms with Gasteiger partial charge in [-0.1, -0.05) is 0 Å². The van der Waals surface area contributed by atoms with Gasteiger partial charge in [-0.25, -0.2) is 0 Å².